The molecule has 1 atom stereocenters. The molecule has 0 saturated heterocycles. The molecule has 3 aromatic rings. The first-order valence-corrected chi connectivity index (χ1v) is 8.53. The molecule has 128 valence electrons. The predicted molar refractivity (Wildman–Crippen MR) is 102 cm³/mol. The largest absolute Gasteiger partial charge is 0.340 e. The van der Waals surface area contributed by atoms with Crippen LogP contribution in [-0.2, 0) is 0 Å². The van der Waals surface area contributed by atoms with Gasteiger partial charge < -0.3 is 5.32 Å². The van der Waals surface area contributed by atoms with Crippen LogP contribution in [0, 0.1) is 0 Å². The first-order valence-electron chi connectivity index (χ1n) is 8.15. The fourth-order valence-corrected chi connectivity index (χ4v) is 2.86. The molecule has 0 fully saturated rings. The fraction of sp³-hybridized carbons (Fsp3) is 0.200. The van der Waals surface area contributed by atoms with E-state index in [-0.39, 0.29) is 5.92 Å². The first kappa shape index (κ1) is 17.4. The standard InChI is InChI=1S/C20H19ClFN3/c1-2-15(21)11-14(13-22)18-12-19(25-20-9-5-6-10-23-20)16-7-3-4-8-17(16)24-18/h2-10,12,14H,11,13H2,1H3,(H,23,24,25). The normalized spacial score (nSPS) is 13.0. The summed E-state index contributed by atoms with van der Waals surface area (Å²) < 4.78 is 13.6. The summed E-state index contributed by atoms with van der Waals surface area (Å²) in [6.07, 6.45) is 3.95. The van der Waals surface area contributed by atoms with E-state index in [1.807, 2.05) is 55.5 Å². The van der Waals surface area contributed by atoms with Gasteiger partial charge in [-0.05, 0) is 37.6 Å². The molecular weight excluding hydrogens is 337 g/mol. The Hall–Kier alpha value is -2.46. The van der Waals surface area contributed by atoms with Crippen LogP contribution in [0.5, 0.6) is 0 Å². The minimum absolute atomic E-state index is 0.377. The summed E-state index contributed by atoms with van der Waals surface area (Å²) in [5, 5.41) is 4.91. The van der Waals surface area contributed by atoms with Crippen molar-refractivity contribution in [1.82, 2.24) is 9.97 Å². The van der Waals surface area contributed by atoms with Gasteiger partial charge >= 0.3 is 0 Å². The van der Waals surface area contributed by atoms with Crippen molar-refractivity contribution < 1.29 is 4.39 Å². The second-order valence-electron chi connectivity index (χ2n) is 5.74. The number of nitrogens with one attached hydrogen (secondary N) is 1. The van der Waals surface area contributed by atoms with Crippen molar-refractivity contribution in [1.29, 1.82) is 0 Å². The van der Waals surface area contributed by atoms with E-state index in [9.17, 15) is 4.39 Å². The number of anilines is 2. The molecule has 0 aliphatic rings. The molecule has 1 N–H and O–H groups in total. The second-order valence-corrected chi connectivity index (χ2v) is 6.23. The minimum atomic E-state index is -0.515. The Morgan fingerprint density at radius 3 is 2.76 bits per heavy atom. The zero-order valence-electron chi connectivity index (χ0n) is 13.9. The molecule has 3 rings (SSSR count). The average Bonchev–Trinajstić information content (AvgIpc) is 2.66. The lowest BCUT2D eigenvalue weighted by Crippen LogP contribution is -2.06. The molecule has 5 heteroatoms. The number of rotatable bonds is 6. The monoisotopic (exact) mass is 355 g/mol. The number of alkyl halides is 1. The van der Waals surface area contributed by atoms with Crippen LogP contribution in [0.25, 0.3) is 10.9 Å². The molecule has 3 nitrogen and oxygen atoms in total. The highest BCUT2D eigenvalue weighted by molar-refractivity contribution is 6.29. The highest BCUT2D eigenvalue weighted by atomic mass is 35.5. The zero-order chi connectivity index (χ0) is 17.6. The maximum absolute atomic E-state index is 13.6. The highest BCUT2D eigenvalue weighted by Gasteiger charge is 2.17. The Labute approximate surface area is 151 Å². The number of fused-ring (bicyclic) bond motifs is 1. The van der Waals surface area contributed by atoms with Gasteiger partial charge in [0.25, 0.3) is 0 Å². The molecule has 0 bridgehead atoms. The Balaban J connectivity index is 2.05. The molecule has 1 unspecified atom stereocenters. The number of halogens is 2. The van der Waals surface area contributed by atoms with Crippen molar-refractivity contribution in [2.45, 2.75) is 19.3 Å². The summed E-state index contributed by atoms with van der Waals surface area (Å²) in [7, 11) is 0. The van der Waals surface area contributed by atoms with Crippen molar-refractivity contribution >= 4 is 34.0 Å². The Morgan fingerprint density at radius 2 is 2.04 bits per heavy atom. The number of hydrogen-bond acceptors (Lipinski definition) is 3. The van der Waals surface area contributed by atoms with Crippen LogP contribution < -0.4 is 5.32 Å². The minimum Gasteiger partial charge on any atom is -0.340 e. The quantitative estimate of drug-likeness (QED) is 0.592. The highest BCUT2D eigenvalue weighted by Crippen LogP contribution is 2.31. The van der Waals surface area contributed by atoms with Gasteiger partial charge in [-0.15, -0.1) is 0 Å². The van der Waals surface area contributed by atoms with Crippen molar-refractivity contribution in [2.75, 3.05) is 12.0 Å². The Kier molecular flexibility index (Phi) is 5.61. The van der Waals surface area contributed by atoms with Crippen LogP contribution in [0.3, 0.4) is 0 Å². The van der Waals surface area contributed by atoms with Crippen LogP contribution in [-0.4, -0.2) is 16.6 Å². The molecule has 1 aromatic carbocycles. The zero-order valence-corrected chi connectivity index (χ0v) is 14.7. The van der Waals surface area contributed by atoms with E-state index in [1.54, 1.807) is 12.3 Å². The summed E-state index contributed by atoms with van der Waals surface area (Å²) in [5.74, 6) is 0.352. The molecule has 25 heavy (non-hydrogen) atoms. The van der Waals surface area contributed by atoms with Gasteiger partial charge in [0.2, 0.25) is 0 Å². The van der Waals surface area contributed by atoms with Crippen LogP contribution in [0.2, 0.25) is 0 Å². The SMILES string of the molecule is CC=C(Cl)CC(CF)c1cc(Nc2ccccn2)c2ccccc2n1. The molecule has 0 aliphatic carbocycles. The number of para-hydroxylation sites is 1. The van der Waals surface area contributed by atoms with Gasteiger partial charge in [-0.3, -0.25) is 9.37 Å². The molecule has 0 amide bonds. The van der Waals surface area contributed by atoms with Gasteiger partial charge in [0.1, 0.15) is 5.82 Å². The van der Waals surface area contributed by atoms with Crippen LogP contribution >= 0.6 is 11.6 Å². The lowest BCUT2D eigenvalue weighted by molar-refractivity contribution is 0.426. The first-order chi connectivity index (χ1) is 12.2. The third-order valence-electron chi connectivity index (χ3n) is 4.02. The van der Waals surface area contributed by atoms with Gasteiger partial charge in [-0.25, -0.2) is 4.98 Å². The van der Waals surface area contributed by atoms with Crippen LogP contribution in [0.4, 0.5) is 15.9 Å². The number of nitrogens with zero attached hydrogens (tertiary/aromatic N) is 2. The number of aromatic nitrogens is 2. The lowest BCUT2D eigenvalue weighted by Gasteiger charge is -2.16. The van der Waals surface area contributed by atoms with E-state index in [0.29, 0.717) is 17.1 Å². The maximum atomic E-state index is 13.6. The molecule has 0 spiro atoms. The van der Waals surface area contributed by atoms with Crippen LogP contribution in [0.1, 0.15) is 25.0 Å². The third kappa shape index (κ3) is 4.15. The molecule has 0 aliphatic heterocycles. The maximum Gasteiger partial charge on any atom is 0.130 e. The third-order valence-corrected chi connectivity index (χ3v) is 4.40. The van der Waals surface area contributed by atoms with E-state index in [4.69, 9.17) is 11.6 Å². The number of allylic oxidation sites excluding steroid dienone is 2. The van der Waals surface area contributed by atoms with Gasteiger partial charge in [-0.2, -0.15) is 0 Å². The topological polar surface area (TPSA) is 37.8 Å². The van der Waals surface area contributed by atoms with E-state index >= 15 is 0 Å². The summed E-state index contributed by atoms with van der Waals surface area (Å²) in [5.41, 5.74) is 2.35. The van der Waals surface area contributed by atoms with E-state index < -0.39 is 6.67 Å². The van der Waals surface area contributed by atoms with Crippen molar-refractivity contribution in [3.8, 4) is 0 Å². The summed E-state index contributed by atoms with van der Waals surface area (Å²) in [4.78, 5) is 8.95. The Morgan fingerprint density at radius 1 is 1.24 bits per heavy atom. The smallest absolute Gasteiger partial charge is 0.130 e. The van der Waals surface area contributed by atoms with Crippen molar-refractivity contribution in [2.24, 2.45) is 0 Å². The number of pyridine rings is 2. The molecular formula is C20H19ClFN3. The van der Waals surface area contributed by atoms with E-state index in [1.165, 1.54) is 0 Å². The molecule has 2 aromatic heterocycles. The molecule has 2 heterocycles. The summed E-state index contributed by atoms with van der Waals surface area (Å²) in [6, 6.07) is 15.3. The van der Waals surface area contributed by atoms with Crippen molar-refractivity contribution in [3.63, 3.8) is 0 Å². The van der Waals surface area contributed by atoms with E-state index in [0.717, 1.165) is 22.4 Å². The summed E-state index contributed by atoms with van der Waals surface area (Å²) in [6.45, 7) is 1.33. The van der Waals surface area contributed by atoms with E-state index in [2.05, 4.69) is 15.3 Å². The van der Waals surface area contributed by atoms with Gasteiger partial charge in [-0.1, -0.05) is 41.9 Å². The number of benzene rings is 1. The predicted octanol–water partition coefficient (Wildman–Crippen LogP) is 5.96. The lowest BCUT2D eigenvalue weighted by atomic mass is 10.00. The number of hydrogen-bond donors (Lipinski definition) is 1. The fourth-order valence-electron chi connectivity index (χ4n) is 2.67. The molecule has 0 saturated carbocycles. The average molecular weight is 356 g/mol. The summed E-state index contributed by atoms with van der Waals surface area (Å²) >= 11 is 6.12. The van der Waals surface area contributed by atoms with Gasteiger partial charge in [0.15, 0.2) is 0 Å². The second kappa shape index (κ2) is 8.08. The van der Waals surface area contributed by atoms with Gasteiger partial charge in [0.05, 0.1) is 17.9 Å². The van der Waals surface area contributed by atoms with Crippen molar-refractivity contribution in [3.05, 3.63) is 71.5 Å². The van der Waals surface area contributed by atoms with Gasteiger partial charge in [0, 0.05) is 28.2 Å². The molecule has 0 radical (unpaired) electrons. The van der Waals surface area contributed by atoms with Crippen LogP contribution in [0.15, 0.2) is 65.8 Å². The Bertz CT molecular complexity index is 881.